The van der Waals surface area contributed by atoms with Gasteiger partial charge in [0, 0.05) is 0 Å². The van der Waals surface area contributed by atoms with Crippen molar-refractivity contribution in [3.8, 4) is 23.0 Å². The number of alkyl halides is 1. The third-order valence-corrected chi connectivity index (χ3v) is 3.86. The summed E-state index contributed by atoms with van der Waals surface area (Å²) < 4.78 is 25.8. The van der Waals surface area contributed by atoms with Crippen LogP contribution in [0.25, 0.3) is 0 Å². The zero-order chi connectivity index (χ0) is 19.6. The van der Waals surface area contributed by atoms with Crippen molar-refractivity contribution in [2.45, 2.75) is 27.7 Å². The molecular weight excluding hydrogens is 311 g/mol. The summed E-state index contributed by atoms with van der Waals surface area (Å²) in [6.07, 6.45) is 0. The van der Waals surface area contributed by atoms with Crippen LogP contribution >= 0.6 is 0 Å². The number of ether oxygens (including phenoxy) is 2. The van der Waals surface area contributed by atoms with Gasteiger partial charge in [0.05, 0.1) is 22.7 Å². The van der Waals surface area contributed by atoms with Crippen molar-refractivity contribution in [1.82, 2.24) is 0 Å². The van der Waals surface area contributed by atoms with Gasteiger partial charge in [0.2, 0.25) is 0 Å². The number of benzene rings is 2. The average molecular weight is 339 g/mol. The summed E-state index contributed by atoms with van der Waals surface area (Å²) in [5.74, 6) is 2.28. The summed E-state index contributed by atoms with van der Waals surface area (Å²) in [4.78, 5) is 0. The largest absolute Gasteiger partial charge is 0.508 e. The fourth-order valence-electron chi connectivity index (χ4n) is 2.01. The molecule has 0 heterocycles. The van der Waals surface area contributed by atoms with Gasteiger partial charge in [-0.3, -0.25) is 4.39 Å². The molecule has 2 rings (SSSR count). The third-order valence-electron chi connectivity index (χ3n) is 3.86. The lowest BCUT2D eigenvalue weighted by Crippen LogP contribution is -1.93. The first kappa shape index (κ1) is 19.6. The minimum Gasteiger partial charge on any atom is -0.508 e. The molecule has 0 unspecified atom stereocenters. The first-order chi connectivity index (χ1) is 11.7. The van der Waals surface area contributed by atoms with Crippen molar-refractivity contribution in [2.24, 2.45) is 0 Å². The summed E-state index contributed by atoms with van der Waals surface area (Å²) in [5, 5.41) is 18.2. The van der Waals surface area contributed by atoms with E-state index in [0.29, 0.717) is 0 Å². The summed E-state index contributed by atoms with van der Waals surface area (Å²) in [6.45, 7) is 7.59. The molecule has 24 heavy (non-hydrogen) atoms. The van der Waals surface area contributed by atoms with Crippen LogP contribution in [0.15, 0.2) is 24.3 Å². The fraction of sp³-hybridized carbons (Fsp3) is 0.368. The van der Waals surface area contributed by atoms with Crippen molar-refractivity contribution >= 4 is 0 Å². The molecule has 0 spiro atoms. The van der Waals surface area contributed by atoms with Gasteiger partial charge in [-0.25, -0.2) is 0 Å². The maximum atomic E-state index is 9.96. The van der Waals surface area contributed by atoms with Crippen LogP contribution in [0.4, 0.5) is 4.39 Å². The van der Waals surface area contributed by atoms with E-state index < -0.39 is 7.15 Å². The molecule has 2 aromatic carbocycles. The molecule has 5 heteroatoms. The Morgan fingerprint density at radius 1 is 0.750 bits per heavy atom. The molecule has 0 aliphatic rings. The van der Waals surface area contributed by atoms with E-state index in [2.05, 4.69) is 0 Å². The number of methoxy groups -OCH3 is 2. The predicted octanol–water partition coefficient (Wildman–Crippen LogP) is 4.62. The Bertz CT molecular complexity index is 619. The molecule has 0 amide bonds. The number of halogens is 1. The third kappa shape index (κ3) is 5.33. The Morgan fingerprint density at radius 3 is 1.29 bits per heavy atom. The van der Waals surface area contributed by atoms with Gasteiger partial charge in [-0.2, -0.15) is 0 Å². The molecule has 2 aromatic rings. The highest BCUT2D eigenvalue weighted by Crippen LogP contribution is 2.28. The van der Waals surface area contributed by atoms with Crippen LogP contribution < -0.4 is 9.47 Å². The molecule has 0 saturated heterocycles. The van der Waals surface area contributed by atoms with E-state index in [9.17, 15) is 4.39 Å². The lowest BCUT2D eigenvalue weighted by Gasteiger charge is -2.10. The topological polar surface area (TPSA) is 58.9 Å². The van der Waals surface area contributed by atoms with Crippen molar-refractivity contribution in [3.05, 3.63) is 46.5 Å². The zero-order valence-corrected chi connectivity index (χ0v) is 15.1. The van der Waals surface area contributed by atoms with Crippen LogP contribution in [-0.4, -0.2) is 31.6 Å². The van der Waals surface area contributed by atoms with E-state index in [0.717, 1.165) is 33.8 Å². The van der Waals surface area contributed by atoms with Gasteiger partial charge >= 0.3 is 0 Å². The summed E-state index contributed by atoms with van der Waals surface area (Å²) in [5.41, 5.74) is 3.74. The number of rotatable bonds is 2. The second-order valence-corrected chi connectivity index (χ2v) is 5.07. The van der Waals surface area contributed by atoms with Crippen molar-refractivity contribution in [2.75, 3.05) is 21.4 Å². The molecule has 0 saturated carbocycles. The highest BCUT2D eigenvalue weighted by atomic mass is 19.1. The second-order valence-electron chi connectivity index (χ2n) is 5.07. The van der Waals surface area contributed by atoms with E-state index in [1.807, 2.05) is 26.0 Å². The van der Waals surface area contributed by atoms with Gasteiger partial charge in [-0.15, -0.1) is 0 Å². The standard InChI is InChI=1S/C10H14O2.C8H10O2.CH3F/c1-7-8(2)10(12-4)6-5-9(7)11-3;1-5-6(2)8(10)4-3-7(5)9;1-2/h5-6H,1-4H3;3-4,9-10H,1-2H3;1H3/i;;1D. The molecule has 0 aliphatic heterocycles. The van der Waals surface area contributed by atoms with Crippen LogP contribution in [0.3, 0.4) is 0 Å². The van der Waals surface area contributed by atoms with Crippen molar-refractivity contribution < 1.29 is 25.4 Å². The van der Waals surface area contributed by atoms with E-state index >= 15 is 0 Å². The average Bonchev–Trinajstić information content (AvgIpc) is 2.60. The number of phenols is 2. The van der Waals surface area contributed by atoms with Gasteiger partial charge in [-0.1, -0.05) is 0 Å². The smallest absolute Gasteiger partial charge is 0.122 e. The number of hydrogen-bond acceptors (Lipinski definition) is 4. The molecule has 0 bridgehead atoms. The quantitative estimate of drug-likeness (QED) is 0.784. The minimum absolute atomic E-state index is 0.232. The molecule has 0 atom stereocenters. The van der Waals surface area contributed by atoms with Crippen LogP contribution in [0.5, 0.6) is 23.0 Å². The van der Waals surface area contributed by atoms with Crippen LogP contribution in [0.2, 0.25) is 0 Å². The summed E-state index contributed by atoms with van der Waals surface area (Å²) >= 11 is 0. The van der Waals surface area contributed by atoms with Gasteiger partial charge in [0.25, 0.3) is 0 Å². The SMILES string of the molecule is COc1ccc(OC)c(C)c1C.Cc1c(O)ccc(O)c1C.[2H]CF. The van der Waals surface area contributed by atoms with Crippen molar-refractivity contribution in [1.29, 1.82) is 0 Å². The molecule has 0 fully saturated rings. The molecule has 4 nitrogen and oxygen atoms in total. The summed E-state index contributed by atoms with van der Waals surface area (Å²) in [6, 6.07) is 6.80. The lowest BCUT2D eigenvalue weighted by molar-refractivity contribution is 0.398. The Hall–Kier alpha value is -2.43. The van der Waals surface area contributed by atoms with Crippen molar-refractivity contribution in [3.63, 3.8) is 0 Å². The molecule has 0 aromatic heterocycles. The van der Waals surface area contributed by atoms with Gasteiger partial charge < -0.3 is 19.7 Å². The Balaban J connectivity index is 0.000000403. The highest BCUT2D eigenvalue weighted by molar-refractivity contribution is 5.47. The van der Waals surface area contributed by atoms with Gasteiger partial charge in [0.15, 0.2) is 0 Å². The lowest BCUT2D eigenvalue weighted by atomic mass is 10.1. The van der Waals surface area contributed by atoms with Crippen LogP contribution in [0.1, 0.15) is 23.6 Å². The Morgan fingerprint density at radius 2 is 1.04 bits per heavy atom. The van der Waals surface area contributed by atoms with E-state index in [1.165, 1.54) is 12.1 Å². The van der Waals surface area contributed by atoms with Crippen LogP contribution in [0, 0.1) is 27.7 Å². The van der Waals surface area contributed by atoms with E-state index in [4.69, 9.17) is 21.1 Å². The molecule has 134 valence electrons. The highest BCUT2D eigenvalue weighted by Gasteiger charge is 2.05. The zero-order valence-electron chi connectivity index (χ0n) is 16.1. The maximum Gasteiger partial charge on any atom is 0.122 e. The first-order valence-electron chi connectivity index (χ1n) is 7.97. The number of aromatic hydroxyl groups is 2. The van der Waals surface area contributed by atoms with Gasteiger partial charge in [0.1, 0.15) is 23.0 Å². The number of phenolic OH excluding ortho intramolecular Hbond substituents is 2. The Labute approximate surface area is 144 Å². The minimum atomic E-state index is -1.00. The summed E-state index contributed by atoms with van der Waals surface area (Å²) in [7, 11) is 2.35. The number of hydrogen-bond donors (Lipinski definition) is 2. The predicted molar refractivity (Wildman–Crippen MR) is 95.3 cm³/mol. The maximum absolute atomic E-state index is 9.96. The first-order valence-corrected chi connectivity index (χ1v) is 7.26. The monoisotopic (exact) mass is 339 g/mol. The molecular formula is C19H27FO4. The normalized spacial score (nSPS) is 9.71. The fourth-order valence-corrected chi connectivity index (χ4v) is 2.01. The van der Waals surface area contributed by atoms with Gasteiger partial charge in [-0.05, 0) is 74.2 Å². The van der Waals surface area contributed by atoms with E-state index in [1.54, 1.807) is 28.1 Å². The van der Waals surface area contributed by atoms with Crippen LogP contribution in [-0.2, 0) is 0 Å². The molecule has 0 aliphatic carbocycles. The Kier molecular flexibility index (Phi) is 8.47. The molecule has 0 radical (unpaired) electrons. The second kappa shape index (κ2) is 10.4. The van der Waals surface area contributed by atoms with E-state index in [-0.39, 0.29) is 11.5 Å². The molecule has 2 N–H and O–H groups in total.